The molecule has 0 radical (unpaired) electrons. The van der Waals surface area contributed by atoms with Gasteiger partial charge in [0.2, 0.25) is 0 Å². The minimum absolute atomic E-state index is 0.0280. The molecule has 0 bridgehead atoms. The van der Waals surface area contributed by atoms with E-state index in [-0.39, 0.29) is 28.8 Å². The molecule has 25 heavy (non-hydrogen) atoms. The van der Waals surface area contributed by atoms with Gasteiger partial charge < -0.3 is 4.74 Å². The van der Waals surface area contributed by atoms with Gasteiger partial charge in [-0.25, -0.2) is 5.53 Å². The highest BCUT2D eigenvalue weighted by molar-refractivity contribution is 5.77. The van der Waals surface area contributed by atoms with Crippen molar-refractivity contribution in [1.82, 2.24) is 0 Å². The van der Waals surface area contributed by atoms with E-state index in [1.807, 2.05) is 0 Å². The summed E-state index contributed by atoms with van der Waals surface area (Å²) in [5, 5.41) is 4.01. The van der Waals surface area contributed by atoms with Crippen molar-refractivity contribution in [2.24, 2.45) is 27.3 Å². The van der Waals surface area contributed by atoms with E-state index in [4.69, 9.17) is 10.3 Å². The summed E-state index contributed by atoms with van der Waals surface area (Å²) in [6.07, 6.45) is 9.00. The molecular formula is C21H32N2O2. The lowest BCUT2D eigenvalue weighted by Gasteiger charge is -2.57. The second-order valence-electron chi connectivity index (χ2n) is 9.15. The summed E-state index contributed by atoms with van der Waals surface area (Å²) in [4.78, 5) is 12.7. The Morgan fingerprint density at radius 1 is 1.32 bits per heavy atom. The van der Waals surface area contributed by atoms with E-state index in [0.717, 1.165) is 44.9 Å². The molecule has 0 spiro atoms. The quantitative estimate of drug-likeness (QED) is 0.420. The smallest absolute Gasteiger partial charge is 0.311 e. The number of nitrogens with zero attached hydrogens (tertiary/aromatic N) is 1. The van der Waals surface area contributed by atoms with Crippen LogP contribution in [-0.4, -0.2) is 19.1 Å². The van der Waals surface area contributed by atoms with Crippen LogP contribution in [0.3, 0.4) is 0 Å². The molecule has 5 atom stereocenters. The normalized spacial score (nSPS) is 43.7. The van der Waals surface area contributed by atoms with Crippen LogP contribution in [-0.2, 0) is 9.53 Å². The molecule has 0 aliphatic heterocycles. The fourth-order valence-corrected chi connectivity index (χ4v) is 6.08. The number of esters is 1. The van der Waals surface area contributed by atoms with Crippen LogP contribution in [0.4, 0.5) is 0 Å². The third kappa shape index (κ3) is 2.60. The minimum atomic E-state index is -0.470. The van der Waals surface area contributed by atoms with Gasteiger partial charge in [-0.15, -0.1) is 6.58 Å². The number of hydrogen-bond donors (Lipinski definition) is 1. The fraction of sp³-hybridized carbons (Fsp3) is 0.762. The average Bonchev–Trinajstić information content (AvgIpc) is 2.60. The summed E-state index contributed by atoms with van der Waals surface area (Å²) in [7, 11) is 1.50. The summed E-state index contributed by atoms with van der Waals surface area (Å²) < 4.78 is 5.20. The summed E-state index contributed by atoms with van der Waals surface area (Å²) in [5.41, 5.74) is 10.3. The van der Waals surface area contributed by atoms with Crippen molar-refractivity contribution in [1.29, 1.82) is 5.53 Å². The number of fused-ring (bicyclic) bond motifs is 2. The van der Waals surface area contributed by atoms with E-state index in [1.54, 1.807) is 0 Å². The van der Waals surface area contributed by atoms with E-state index < -0.39 is 5.41 Å². The topological polar surface area (TPSA) is 62.5 Å². The highest BCUT2D eigenvalue weighted by Gasteiger charge is 2.58. The molecule has 3 rings (SSSR count). The van der Waals surface area contributed by atoms with E-state index in [2.05, 4.69) is 38.5 Å². The zero-order valence-electron chi connectivity index (χ0n) is 16.2. The minimum Gasteiger partial charge on any atom is -0.469 e. The summed E-state index contributed by atoms with van der Waals surface area (Å²) in [5.74, 6) is 0.107. The largest absolute Gasteiger partial charge is 0.469 e. The molecule has 0 aromatic heterocycles. The Balaban J connectivity index is 2.10. The zero-order chi connectivity index (χ0) is 18.5. The van der Waals surface area contributed by atoms with Crippen molar-refractivity contribution in [3.63, 3.8) is 0 Å². The molecule has 4 nitrogen and oxygen atoms in total. The molecule has 0 aromatic carbocycles. The SMILES string of the molecule is C=C[C@@]1(C)CCC2=C(C1)C(N=N)CC1[C@](C)(C(=O)OC)CCC[C@]21C. The van der Waals surface area contributed by atoms with Crippen LogP contribution in [0.15, 0.2) is 28.9 Å². The van der Waals surface area contributed by atoms with Gasteiger partial charge in [0.05, 0.1) is 18.6 Å². The number of methoxy groups -OCH3 is 1. The van der Waals surface area contributed by atoms with Gasteiger partial charge in [0.1, 0.15) is 0 Å². The number of nitrogens with one attached hydrogen (secondary N) is 1. The molecular weight excluding hydrogens is 312 g/mol. The van der Waals surface area contributed by atoms with Gasteiger partial charge in [-0.3, -0.25) is 4.79 Å². The van der Waals surface area contributed by atoms with Gasteiger partial charge in [0.15, 0.2) is 0 Å². The van der Waals surface area contributed by atoms with Crippen molar-refractivity contribution >= 4 is 5.97 Å². The number of hydrogen-bond acceptors (Lipinski definition) is 4. The lowest BCUT2D eigenvalue weighted by molar-refractivity contribution is -0.163. The van der Waals surface area contributed by atoms with Crippen LogP contribution in [0.25, 0.3) is 0 Å². The Morgan fingerprint density at radius 2 is 2.04 bits per heavy atom. The molecule has 3 aliphatic rings. The molecule has 3 aliphatic carbocycles. The second-order valence-corrected chi connectivity index (χ2v) is 9.15. The lowest BCUT2D eigenvalue weighted by atomic mass is 9.47. The first-order valence-electron chi connectivity index (χ1n) is 9.55. The number of ether oxygens (including phenoxy) is 1. The Kier molecular flexibility index (Phi) is 4.45. The number of carbonyl (C=O) groups excluding carboxylic acids is 1. The molecule has 1 fully saturated rings. The second kappa shape index (κ2) is 6.07. The lowest BCUT2D eigenvalue weighted by Crippen LogP contribution is -2.53. The maximum absolute atomic E-state index is 12.7. The predicted octanol–water partition coefficient (Wildman–Crippen LogP) is 5.45. The molecule has 0 aromatic rings. The van der Waals surface area contributed by atoms with E-state index in [0.29, 0.717) is 0 Å². The van der Waals surface area contributed by atoms with Crippen LogP contribution >= 0.6 is 0 Å². The maximum atomic E-state index is 12.7. The Labute approximate surface area is 151 Å². The highest BCUT2D eigenvalue weighted by atomic mass is 16.5. The first-order valence-corrected chi connectivity index (χ1v) is 9.55. The third-order valence-corrected chi connectivity index (χ3v) is 7.71. The van der Waals surface area contributed by atoms with Crippen molar-refractivity contribution in [2.75, 3.05) is 7.11 Å². The van der Waals surface area contributed by atoms with Crippen LogP contribution in [0.1, 0.15) is 65.7 Å². The zero-order valence-corrected chi connectivity index (χ0v) is 16.2. The van der Waals surface area contributed by atoms with Gasteiger partial charge in [-0.2, -0.15) is 5.11 Å². The molecule has 0 heterocycles. The number of allylic oxidation sites excluding steroid dienone is 2. The first-order chi connectivity index (χ1) is 11.7. The summed E-state index contributed by atoms with van der Waals surface area (Å²) in [6.45, 7) is 10.7. The van der Waals surface area contributed by atoms with Gasteiger partial charge in [-0.05, 0) is 67.8 Å². The molecule has 0 amide bonds. The van der Waals surface area contributed by atoms with E-state index >= 15 is 0 Å². The Bertz CT molecular complexity index is 640. The fourth-order valence-electron chi connectivity index (χ4n) is 6.08. The molecule has 138 valence electrons. The van der Waals surface area contributed by atoms with Gasteiger partial charge in [-0.1, -0.05) is 31.9 Å². The molecule has 2 unspecified atom stereocenters. The number of rotatable bonds is 3. The predicted molar refractivity (Wildman–Crippen MR) is 98.3 cm³/mol. The van der Waals surface area contributed by atoms with Gasteiger partial charge in [0.25, 0.3) is 0 Å². The van der Waals surface area contributed by atoms with Gasteiger partial charge in [0, 0.05) is 0 Å². The monoisotopic (exact) mass is 344 g/mol. The van der Waals surface area contributed by atoms with Crippen molar-refractivity contribution in [2.45, 2.75) is 71.8 Å². The summed E-state index contributed by atoms with van der Waals surface area (Å²) in [6, 6.07) is -0.0882. The van der Waals surface area contributed by atoms with Crippen LogP contribution in [0, 0.1) is 27.7 Å². The van der Waals surface area contributed by atoms with Crippen LogP contribution in [0.2, 0.25) is 0 Å². The van der Waals surface area contributed by atoms with Crippen molar-refractivity contribution in [3.05, 3.63) is 23.8 Å². The third-order valence-electron chi connectivity index (χ3n) is 7.71. The molecule has 0 saturated heterocycles. The van der Waals surface area contributed by atoms with Crippen LogP contribution < -0.4 is 0 Å². The molecule has 1 saturated carbocycles. The average molecular weight is 344 g/mol. The standard InChI is InChI=1S/C21H32N2O2/c1-6-19(2)11-8-15-14(13-19)16(23-22)12-17-20(15,3)9-7-10-21(17,4)18(24)25-5/h6,16-17,22H,1,7-13H2,2-5H3/t16?,17?,19-,20+,21+/m0/s1. The maximum Gasteiger partial charge on any atom is 0.311 e. The van der Waals surface area contributed by atoms with Gasteiger partial charge >= 0.3 is 5.97 Å². The van der Waals surface area contributed by atoms with E-state index in [9.17, 15) is 4.79 Å². The highest BCUT2D eigenvalue weighted by Crippen LogP contribution is 2.63. The summed E-state index contributed by atoms with van der Waals surface area (Å²) >= 11 is 0. The van der Waals surface area contributed by atoms with Crippen molar-refractivity contribution in [3.8, 4) is 0 Å². The van der Waals surface area contributed by atoms with Crippen LogP contribution in [0.5, 0.6) is 0 Å². The molecule has 4 heteroatoms. The Morgan fingerprint density at radius 3 is 2.64 bits per heavy atom. The van der Waals surface area contributed by atoms with E-state index in [1.165, 1.54) is 18.3 Å². The Hall–Kier alpha value is -1.45. The first kappa shape index (κ1) is 18.3. The van der Waals surface area contributed by atoms with Crippen molar-refractivity contribution < 1.29 is 9.53 Å². The molecule has 1 N–H and O–H groups in total. The number of carbonyl (C=O) groups is 1.